The molecule has 1 aromatic carbocycles. The molecule has 1 aromatic heterocycles. The molecular formula is C16H21N3O2. The summed E-state index contributed by atoms with van der Waals surface area (Å²) in [6.45, 7) is 5.79. The second kappa shape index (κ2) is 5.48. The summed E-state index contributed by atoms with van der Waals surface area (Å²) in [5, 5.41) is 4.12. The van der Waals surface area contributed by atoms with Gasteiger partial charge in [-0.25, -0.2) is 0 Å². The van der Waals surface area contributed by atoms with Gasteiger partial charge < -0.3 is 15.0 Å². The third-order valence-electron chi connectivity index (χ3n) is 4.13. The molecule has 5 nitrogen and oxygen atoms in total. The van der Waals surface area contributed by atoms with Crippen LogP contribution in [0.5, 0.6) is 0 Å². The monoisotopic (exact) mass is 287 g/mol. The van der Waals surface area contributed by atoms with E-state index in [9.17, 15) is 0 Å². The van der Waals surface area contributed by atoms with Gasteiger partial charge in [0.15, 0.2) is 5.82 Å². The Morgan fingerprint density at radius 1 is 1.29 bits per heavy atom. The molecule has 0 amide bonds. The molecule has 0 radical (unpaired) electrons. The third-order valence-corrected chi connectivity index (χ3v) is 4.13. The van der Waals surface area contributed by atoms with Gasteiger partial charge in [-0.05, 0) is 43.9 Å². The molecule has 1 atom stereocenters. The van der Waals surface area contributed by atoms with E-state index in [0.717, 1.165) is 43.1 Å². The van der Waals surface area contributed by atoms with Crippen LogP contribution in [0.2, 0.25) is 0 Å². The molecule has 2 aromatic rings. The lowest BCUT2D eigenvalue weighted by Crippen LogP contribution is -2.19. The zero-order valence-electron chi connectivity index (χ0n) is 12.5. The molecule has 3 rings (SSSR count). The van der Waals surface area contributed by atoms with E-state index in [1.165, 1.54) is 0 Å². The summed E-state index contributed by atoms with van der Waals surface area (Å²) < 4.78 is 10.9. The van der Waals surface area contributed by atoms with Gasteiger partial charge in [0.25, 0.3) is 0 Å². The molecule has 2 heterocycles. The van der Waals surface area contributed by atoms with Gasteiger partial charge in [-0.1, -0.05) is 17.3 Å². The molecule has 0 aliphatic carbocycles. The minimum atomic E-state index is -0.328. The van der Waals surface area contributed by atoms with E-state index in [4.69, 9.17) is 15.0 Å². The van der Waals surface area contributed by atoms with Gasteiger partial charge in [-0.2, -0.15) is 4.98 Å². The predicted octanol–water partition coefficient (Wildman–Crippen LogP) is 2.56. The number of ether oxygens (including phenoxy) is 1. The van der Waals surface area contributed by atoms with E-state index in [0.29, 0.717) is 11.8 Å². The second-order valence-corrected chi connectivity index (χ2v) is 6.20. The predicted molar refractivity (Wildman–Crippen MR) is 79.9 cm³/mol. The van der Waals surface area contributed by atoms with Crippen molar-refractivity contribution in [3.05, 3.63) is 41.5 Å². The summed E-state index contributed by atoms with van der Waals surface area (Å²) in [7, 11) is 0. The largest absolute Gasteiger partial charge is 0.399 e. The molecule has 112 valence electrons. The van der Waals surface area contributed by atoms with Gasteiger partial charge in [0, 0.05) is 25.3 Å². The highest BCUT2D eigenvalue weighted by Crippen LogP contribution is 2.31. The number of hydrogen-bond acceptors (Lipinski definition) is 5. The Labute approximate surface area is 124 Å². The fraction of sp³-hybridized carbons (Fsp3) is 0.500. The molecule has 1 aliphatic rings. The smallest absolute Gasteiger partial charge is 0.236 e. The molecule has 0 saturated carbocycles. The molecule has 1 fully saturated rings. The van der Waals surface area contributed by atoms with Crippen LogP contribution in [0.3, 0.4) is 0 Å². The molecule has 0 spiro atoms. The fourth-order valence-electron chi connectivity index (χ4n) is 2.62. The number of nitrogens with two attached hydrogens (primary N) is 1. The quantitative estimate of drug-likeness (QED) is 0.875. The first-order valence-corrected chi connectivity index (χ1v) is 7.32. The van der Waals surface area contributed by atoms with Crippen molar-refractivity contribution in [1.29, 1.82) is 0 Å². The Morgan fingerprint density at radius 3 is 2.71 bits per heavy atom. The Balaban J connectivity index is 1.78. The van der Waals surface area contributed by atoms with Crippen molar-refractivity contribution in [2.45, 2.75) is 32.1 Å². The van der Waals surface area contributed by atoms with Crippen molar-refractivity contribution < 1.29 is 9.26 Å². The van der Waals surface area contributed by atoms with E-state index in [1.54, 1.807) is 0 Å². The van der Waals surface area contributed by atoms with Crippen molar-refractivity contribution in [2.75, 3.05) is 18.9 Å². The van der Waals surface area contributed by atoms with Gasteiger partial charge in [-0.3, -0.25) is 0 Å². The number of hydrogen-bond donors (Lipinski definition) is 1. The lowest BCUT2D eigenvalue weighted by molar-refractivity contribution is 0.185. The topological polar surface area (TPSA) is 74.2 Å². The van der Waals surface area contributed by atoms with Crippen LogP contribution in [-0.4, -0.2) is 23.4 Å². The first-order chi connectivity index (χ1) is 10.1. The van der Waals surface area contributed by atoms with Crippen molar-refractivity contribution in [1.82, 2.24) is 10.1 Å². The lowest BCUT2D eigenvalue weighted by atomic mass is 9.84. The molecular weight excluding hydrogens is 266 g/mol. The Morgan fingerprint density at radius 2 is 2.05 bits per heavy atom. The van der Waals surface area contributed by atoms with E-state index < -0.39 is 0 Å². The van der Waals surface area contributed by atoms with Crippen molar-refractivity contribution in [3.63, 3.8) is 0 Å². The highest BCUT2D eigenvalue weighted by atomic mass is 16.5. The van der Waals surface area contributed by atoms with Crippen molar-refractivity contribution in [2.24, 2.45) is 5.92 Å². The first kappa shape index (κ1) is 14.1. The molecule has 2 N–H and O–H groups in total. The van der Waals surface area contributed by atoms with E-state index >= 15 is 0 Å². The lowest BCUT2D eigenvalue weighted by Gasteiger charge is -2.20. The van der Waals surface area contributed by atoms with Crippen LogP contribution in [0.25, 0.3) is 0 Å². The highest BCUT2D eigenvalue weighted by Gasteiger charge is 2.30. The van der Waals surface area contributed by atoms with Crippen LogP contribution in [0.1, 0.15) is 37.5 Å². The Bertz CT molecular complexity index is 598. The van der Waals surface area contributed by atoms with E-state index in [-0.39, 0.29) is 5.41 Å². The van der Waals surface area contributed by atoms with E-state index in [2.05, 4.69) is 24.0 Å². The third kappa shape index (κ3) is 2.93. The van der Waals surface area contributed by atoms with Crippen LogP contribution in [0.15, 0.2) is 28.8 Å². The number of aromatic nitrogens is 2. The molecule has 1 aliphatic heterocycles. The summed E-state index contributed by atoms with van der Waals surface area (Å²) in [5.41, 5.74) is 7.27. The normalized spacial score (nSPS) is 19.0. The van der Waals surface area contributed by atoms with Crippen molar-refractivity contribution in [3.8, 4) is 0 Å². The fourth-order valence-corrected chi connectivity index (χ4v) is 2.62. The van der Waals surface area contributed by atoms with Gasteiger partial charge in [0.1, 0.15) is 0 Å². The minimum Gasteiger partial charge on any atom is -0.399 e. The summed E-state index contributed by atoms with van der Waals surface area (Å²) in [6, 6.07) is 7.79. The summed E-state index contributed by atoms with van der Waals surface area (Å²) in [5.74, 6) is 1.92. The Hall–Kier alpha value is -1.88. The molecule has 5 heteroatoms. The van der Waals surface area contributed by atoms with Crippen LogP contribution in [0.4, 0.5) is 5.69 Å². The SMILES string of the molecule is CC(C)(c1ccc(N)cc1)c1nc(CC2CCOC2)no1. The number of benzene rings is 1. The van der Waals surface area contributed by atoms with Gasteiger partial charge >= 0.3 is 0 Å². The van der Waals surface area contributed by atoms with Crippen LogP contribution < -0.4 is 5.73 Å². The Kier molecular flexibility index (Phi) is 3.68. The summed E-state index contributed by atoms with van der Waals surface area (Å²) in [4.78, 5) is 4.58. The minimum absolute atomic E-state index is 0.328. The molecule has 1 saturated heterocycles. The standard InChI is InChI=1S/C16H21N3O2/c1-16(2,12-3-5-13(17)6-4-12)15-18-14(19-21-15)9-11-7-8-20-10-11/h3-6,11H,7-10,17H2,1-2H3. The maximum atomic E-state index is 5.74. The number of rotatable bonds is 4. The zero-order valence-corrected chi connectivity index (χ0v) is 12.5. The zero-order chi connectivity index (χ0) is 14.9. The average molecular weight is 287 g/mol. The van der Waals surface area contributed by atoms with Crippen molar-refractivity contribution >= 4 is 5.69 Å². The number of anilines is 1. The average Bonchev–Trinajstić information content (AvgIpc) is 3.11. The molecule has 1 unspecified atom stereocenters. The molecule has 0 bridgehead atoms. The number of nitrogen functional groups attached to an aromatic ring is 1. The first-order valence-electron chi connectivity index (χ1n) is 7.32. The highest BCUT2D eigenvalue weighted by molar-refractivity contribution is 5.42. The molecule has 21 heavy (non-hydrogen) atoms. The number of nitrogens with zero attached hydrogens (tertiary/aromatic N) is 2. The van der Waals surface area contributed by atoms with Crippen LogP contribution in [0, 0.1) is 5.92 Å². The van der Waals surface area contributed by atoms with Gasteiger partial charge in [0.2, 0.25) is 5.89 Å². The maximum Gasteiger partial charge on any atom is 0.236 e. The summed E-state index contributed by atoms with van der Waals surface area (Å²) >= 11 is 0. The summed E-state index contributed by atoms with van der Waals surface area (Å²) in [6.07, 6.45) is 1.90. The second-order valence-electron chi connectivity index (χ2n) is 6.20. The van der Waals surface area contributed by atoms with Gasteiger partial charge in [0.05, 0.1) is 5.41 Å². The maximum absolute atomic E-state index is 5.74. The van der Waals surface area contributed by atoms with Gasteiger partial charge in [-0.15, -0.1) is 0 Å². The van der Waals surface area contributed by atoms with Crippen LogP contribution in [-0.2, 0) is 16.6 Å². The van der Waals surface area contributed by atoms with Crippen LogP contribution >= 0.6 is 0 Å². The van der Waals surface area contributed by atoms with E-state index in [1.807, 2.05) is 24.3 Å².